The molecule has 0 unspecified atom stereocenters. The topological polar surface area (TPSA) is 72.2 Å². The molecule has 8 heteroatoms. The van der Waals surface area contributed by atoms with Gasteiger partial charge in [-0.05, 0) is 42.7 Å². The fraction of sp³-hybridized carbons (Fsp3) is 0.316. The molecule has 0 radical (unpaired) electrons. The summed E-state index contributed by atoms with van der Waals surface area (Å²) in [7, 11) is -3.65. The lowest BCUT2D eigenvalue weighted by molar-refractivity contribution is 0.458. The van der Waals surface area contributed by atoms with Gasteiger partial charge in [0.2, 0.25) is 10.0 Å². The van der Waals surface area contributed by atoms with Crippen LogP contribution < -0.4 is 4.72 Å². The van der Waals surface area contributed by atoms with Crippen LogP contribution in [0.2, 0.25) is 0 Å². The molecule has 142 valence electrons. The lowest BCUT2D eigenvalue weighted by Gasteiger charge is -2.04. The van der Waals surface area contributed by atoms with E-state index in [2.05, 4.69) is 9.71 Å². The number of hydrogen-bond donors (Lipinski definition) is 1. The first kappa shape index (κ1) is 18.3. The van der Waals surface area contributed by atoms with Gasteiger partial charge in [-0.2, -0.15) is 0 Å². The highest BCUT2D eigenvalue weighted by molar-refractivity contribution is 7.91. The summed E-state index contributed by atoms with van der Waals surface area (Å²) in [5, 5.41) is 0. The van der Waals surface area contributed by atoms with Crippen LogP contribution in [0.5, 0.6) is 0 Å². The van der Waals surface area contributed by atoms with Crippen molar-refractivity contribution in [1.82, 2.24) is 9.71 Å². The van der Waals surface area contributed by atoms with Crippen LogP contribution >= 0.6 is 11.3 Å². The fourth-order valence-corrected chi connectivity index (χ4v) is 5.53. The molecule has 4 rings (SSSR count). The van der Waals surface area contributed by atoms with Gasteiger partial charge in [-0.25, -0.2) is 22.5 Å². The van der Waals surface area contributed by atoms with E-state index in [1.54, 1.807) is 30.5 Å². The molecular formula is C19H19FN2O3S2. The standard InChI is InChI=1S/C19H19FN2O3S2/c20-15-7-5-13(6-8-15)11-22-27(23,24)18-10-9-17(26-18)16-12-21-19(25-16)14-3-1-2-4-14/h5-10,12,14,22H,1-4,11H2. The van der Waals surface area contributed by atoms with E-state index in [0.29, 0.717) is 17.2 Å². The number of nitrogens with zero attached hydrogens (tertiary/aromatic N) is 1. The van der Waals surface area contributed by atoms with Crippen LogP contribution in [-0.2, 0) is 16.6 Å². The van der Waals surface area contributed by atoms with Crippen molar-refractivity contribution in [3.8, 4) is 10.6 Å². The highest BCUT2D eigenvalue weighted by atomic mass is 32.2. The van der Waals surface area contributed by atoms with Crippen molar-refractivity contribution in [2.75, 3.05) is 0 Å². The maximum atomic E-state index is 12.9. The molecule has 1 saturated carbocycles. The minimum Gasteiger partial charge on any atom is -0.440 e. The average molecular weight is 407 g/mol. The van der Waals surface area contributed by atoms with Gasteiger partial charge in [-0.15, -0.1) is 11.3 Å². The maximum absolute atomic E-state index is 12.9. The molecular weight excluding hydrogens is 387 g/mol. The lowest BCUT2D eigenvalue weighted by atomic mass is 10.1. The quantitative estimate of drug-likeness (QED) is 0.645. The van der Waals surface area contributed by atoms with Gasteiger partial charge < -0.3 is 4.42 Å². The third kappa shape index (κ3) is 4.12. The molecule has 1 fully saturated rings. The van der Waals surface area contributed by atoms with E-state index in [1.807, 2.05) is 0 Å². The Bertz CT molecular complexity index is 1020. The Labute approximate surface area is 161 Å². The van der Waals surface area contributed by atoms with E-state index in [0.717, 1.165) is 34.9 Å². The molecule has 0 amide bonds. The summed E-state index contributed by atoms with van der Waals surface area (Å²) < 4.78 is 46.6. The summed E-state index contributed by atoms with van der Waals surface area (Å²) in [6, 6.07) is 9.01. The van der Waals surface area contributed by atoms with Crippen molar-refractivity contribution >= 4 is 21.4 Å². The minimum atomic E-state index is -3.65. The fourth-order valence-electron chi connectivity index (χ4n) is 3.21. The second kappa shape index (κ2) is 7.53. The normalized spacial score (nSPS) is 15.4. The zero-order valence-electron chi connectivity index (χ0n) is 14.5. The number of sulfonamides is 1. The van der Waals surface area contributed by atoms with E-state index in [1.165, 1.54) is 25.0 Å². The van der Waals surface area contributed by atoms with Crippen LogP contribution in [0.4, 0.5) is 4.39 Å². The summed E-state index contributed by atoms with van der Waals surface area (Å²) >= 11 is 1.14. The Morgan fingerprint density at radius 2 is 1.89 bits per heavy atom. The Balaban J connectivity index is 1.47. The van der Waals surface area contributed by atoms with Crippen LogP contribution in [0, 0.1) is 5.82 Å². The van der Waals surface area contributed by atoms with Gasteiger partial charge in [0.15, 0.2) is 11.7 Å². The van der Waals surface area contributed by atoms with Crippen LogP contribution in [0.25, 0.3) is 10.6 Å². The predicted octanol–water partition coefficient (Wildman–Crippen LogP) is 4.68. The van der Waals surface area contributed by atoms with E-state index in [9.17, 15) is 12.8 Å². The second-order valence-electron chi connectivity index (χ2n) is 6.61. The average Bonchev–Trinajstić information content (AvgIpc) is 3.41. The molecule has 2 heterocycles. The first-order valence-electron chi connectivity index (χ1n) is 8.81. The van der Waals surface area contributed by atoms with Crippen LogP contribution in [0.15, 0.2) is 51.2 Å². The summed E-state index contributed by atoms with van der Waals surface area (Å²) in [6.07, 6.45) is 6.25. The van der Waals surface area contributed by atoms with Crippen molar-refractivity contribution in [2.24, 2.45) is 0 Å². The van der Waals surface area contributed by atoms with Gasteiger partial charge >= 0.3 is 0 Å². The van der Waals surface area contributed by atoms with Gasteiger partial charge in [0.25, 0.3) is 0 Å². The van der Waals surface area contributed by atoms with Crippen LogP contribution in [-0.4, -0.2) is 13.4 Å². The highest BCUT2D eigenvalue weighted by Crippen LogP contribution is 2.37. The summed E-state index contributed by atoms with van der Waals surface area (Å²) in [5.74, 6) is 1.37. The van der Waals surface area contributed by atoms with Gasteiger partial charge in [0, 0.05) is 12.5 Å². The Kier molecular flexibility index (Phi) is 5.12. The SMILES string of the molecule is O=S(=O)(NCc1ccc(F)cc1)c1ccc(-c2cnc(C3CCCC3)o2)s1. The smallest absolute Gasteiger partial charge is 0.250 e. The molecule has 1 aromatic carbocycles. The first-order valence-corrected chi connectivity index (χ1v) is 11.1. The number of oxazole rings is 1. The molecule has 0 bridgehead atoms. The van der Waals surface area contributed by atoms with Gasteiger partial charge in [-0.1, -0.05) is 25.0 Å². The summed E-state index contributed by atoms with van der Waals surface area (Å²) in [5.41, 5.74) is 0.688. The molecule has 2 aromatic heterocycles. The molecule has 3 aromatic rings. The van der Waals surface area contributed by atoms with E-state index >= 15 is 0 Å². The number of halogens is 1. The second-order valence-corrected chi connectivity index (χ2v) is 9.69. The molecule has 0 spiro atoms. The Morgan fingerprint density at radius 3 is 2.63 bits per heavy atom. The minimum absolute atomic E-state index is 0.101. The van der Waals surface area contributed by atoms with E-state index < -0.39 is 10.0 Å². The number of rotatable bonds is 6. The van der Waals surface area contributed by atoms with Crippen molar-refractivity contribution in [3.63, 3.8) is 0 Å². The Morgan fingerprint density at radius 1 is 1.15 bits per heavy atom. The van der Waals surface area contributed by atoms with Crippen molar-refractivity contribution in [1.29, 1.82) is 0 Å². The van der Waals surface area contributed by atoms with Gasteiger partial charge in [-0.3, -0.25) is 0 Å². The number of thiophene rings is 1. The van der Waals surface area contributed by atoms with Crippen LogP contribution in [0.1, 0.15) is 43.1 Å². The van der Waals surface area contributed by atoms with Crippen molar-refractivity contribution < 1.29 is 17.2 Å². The van der Waals surface area contributed by atoms with Gasteiger partial charge in [0.1, 0.15) is 10.0 Å². The molecule has 1 aliphatic rings. The number of aromatic nitrogens is 1. The zero-order chi connectivity index (χ0) is 18.9. The summed E-state index contributed by atoms with van der Waals surface area (Å²) in [4.78, 5) is 5.10. The van der Waals surface area contributed by atoms with E-state index in [-0.39, 0.29) is 16.6 Å². The van der Waals surface area contributed by atoms with Crippen molar-refractivity contribution in [2.45, 2.75) is 42.4 Å². The molecule has 5 nitrogen and oxygen atoms in total. The molecule has 0 atom stereocenters. The molecule has 0 aliphatic heterocycles. The van der Waals surface area contributed by atoms with Gasteiger partial charge in [0.05, 0.1) is 11.1 Å². The molecule has 27 heavy (non-hydrogen) atoms. The number of benzene rings is 1. The zero-order valence-corrected chi connectivity index (χ0v) is 16.2. The van der Waals surface area contributed by atoms with Crippen molar-refractivity contribution in [3.05, 3.63) is 59.9 Å². The maximum Gasteiger partial charge on any atom is 0.250 e. The third-order valence-electron chi connectivity index (χ3n) is 4.70. The lowest BCUT2D eigenvalue weighted by Crippen LogP contribution is -2.22. The molecule has 0 saturated heterocycles. The third-order valence-corrected chi connectivity index (χ3v) is 7.69. The number of hydrogen-bond acceptors (Lipinski definition) is 5. The molecule has 1 N–H and O–H groups in total. The first-order chi connectivity index (χ1) is 13.0. The monoisotopic (exact) mass is 406 g/mol. The number of nitrogens with one attached hydrogen (secondary N) is 1. The highest BCUT2D eigenvalue weighted by Gasteiger charge is 2.23. The van der Waals surface area contributed by atoms with E-state index in [4.69, 9.17) is 4.42 Å². The molecule has 1 aliphatic carbocycles. The predicted molar refractivity (Wildman–Crippen MR) is 101 cm³/mol. The van der Waals surface area contributed by atoms with Crippen LogP contribution in [0.3, 0.4) is 0 Å². The largest absolute Gasteiger partial charge is 0.440 e. The summed E-state index contributed by atoms with van der Waals surface area (Å²) in [6.45, 7) is 0.101. The Hall–Kier alpha value is -2.03.